The van der Waals surface area contributed by atoms with Crippen LogP contribution in [-0.4, -0.2) is 63.2 Å². The van der Waals surface area contributed by atoms with Crippen molar-refractivity contribution in [3.8, 4) is 11.5 Å². The number of amides is 2. The number of carbonyl (C=O) groups excluding carboxylic acids is 2. The van der Waals surface area contributed by atoms with Crippen molar-refractivity contribution in [2.75, 3.05) is 30.3 Å². The van der Waals surface area contributed by atoms with Gasteiger partial charge in [0.05, 0.1) is 22.0 Å². The lowest BCUT2D eigenvalue weighted by atomic mass is 10.1. The topological polar surface area (TPSA) is 105 Å². The molecule has 1 N–H and O–H groups in total. The van der Waals surface area contributed by atoms with E-state index in [4.69, 9.17) is 32.7 Å². The van der Waals surface area contributed by atoms with E-state index in [1.54, 1.807) is 43.3 Å². The van der Waals surface area contributed by atoms with Gasteiger partial charge in [0.25, 0.3) is 0 Å². The van der Waals surface area contributed by atoms with E-state index in [2.05, 4.69) is 5.32 Å². The van der Waals surface area contributed by atoms with Crippen LogP contribution >= 0.6 is 23.2 Å². The first-order chi connectivity index (χ1) is 18.4. The van der Waals surface area contributed by atoms with Crippen LogP contribution in [0.3, 0.4) is 0 Å². The SMILES string of the molecule is CC[C@@H](C)NC(=O)[C@H](C)N(Cc1ccc(Cl)c(Cl)c1)C(=O)CCCN(c1ccc2c(c1)OCCO2)S(C)(=O)=O. The van der Waals surface area contributed by atoms with Gasteiger partial charge in [-0.2, -0.15) is 0 Å². The van der Waals surface area contributed by atoms with Crippen LogP contribution < -0.4 is 19.1 Å². The smallest absolute Gasteiger partial charge is 0.242 e. The molecule has 214 valence electrons. The average Bonchev–Trinajstić information content (AvgIpc) is 2.90. The van der Waals surface area contributed by atoms with Crippen LogP contribution in [0.2, 0.25) is 10.0 Å². The summed E-state index contributed by atoms with van der Waals surface area (Å²) >= 11 is 12.2. The molecule has 9 nitrogen and oxygen atoms in total. The van der Waals surface area contributed by atoms with Crippen LogP contribution in [0.1, 0.15) is 45.6 Å². The standard InChI is InChI=1S/C27H35Cl2N3O6S/c1-5-18(2)30-27(34)19(3)31(17-20-8-10-22(28)23(29)15-20)26(33)7-6-12-32(39(4,35)36)21-9-11-24-25(16-21)38-14-13-37-24/h8-11,15-16,18-19H,5-7,12-14,17H2,1-4H3,(H,30,34)/t18-,19+/m1/s1. The second-order valence-corrected chi connectivity index (χ2v) is 12.3. The fourth-order valence-electron chi connectivity index (χ4n) is 4.07. The molecular weight excluding hydrogens is 565 g/mol. The van der Waals surface area contributed by atoms with Gasteiger partial charge < -0.3 is 19.7 Å². The maximum absolute atomic E-state index is 13.4. The largest absolute Gasteiger partial charge is 0.486 e. The third-order valence-corrected chi connectivity index (χ3v) is 8.40. The molecule has 2 aromatic rings. The minimum atomic E-state index is -3.65. The number of nitrogens with one attached hydrogen (secondary N) is 1. The Kier molecular flexibility index (Phi) is 10.7. The Morgan fingerprint density at radius 2 is 1.72 bits per heavy atom. The summed E-state index contributed by atoms with van der Waals surface area (Å²) in [7, 11) is -3.65. The summed E-state index contributed by atoms with van der Waals surface area (Å²) in [6, 6.07) is 9.19. The highest BCUT2D eigenvalue weighted by Gasteiger charge is 2.28. The molecule has 0 aliphatic carbocycles. The Hall–Kier alpha value is -2.69. The first kappa shape index (κ1) is 30.8. The first-order valence-electron chi connectivity index (χ1n) is 12.8. The number of rotatable bonds is 12. The van der Waals surface area contributed by atoms with Gasteiger partial charge in [0.2, 0.25) is 21.8 Å². The van der Waals surface area contributed by atoms with E-state index in [9.17, 15) is 18.0 Å². The van der Waals surface area contributed by atoms with Gasteiger partial charge in [0.15, 0.2) is 11.5 Å². The van der Waals surface area contributed by atoms with Gasteiger partial charge in [0.1, 0.15) is 19.3 Å². The summed E-state index contributed by atoms with van der Waals surface area (Å²) < 4.78 is 37.6. The minimum absolute atomic E-state index is 0.0266. The van der Waals surface area contributed by atoms with Gasteiger partial charge in [-0.05, 0) is 56.5 Å². The van der Waals surface area contributed by atoms with Crippen LogP contribution in [0, 0.1) is 0 Å². The number of fused-ring (bicyclic) bond motifs is 1. The predicted octanol–water partition coefficient (Wildman–Crippen LogP) is 4.64. The number of ether oxygens (including phenoxy) is 2. The highest BCUT2D eigenvalue weighted by atomic mass is 35.5. The molecule has 0 spiro atoms. The molecule has 39 heavy (non-hydrogen) atoms. The summed E-state index contributed by atoms with van der Waals surface area (Å²) in [5, 5.41) is 3.66. The van der Waals surface area contributed by atoms with Gasteiger partial charge >= 0.3 is 0 Å². The van der Waals surface area contributed by atoms with Crippen molar-refractivity contribution in [1.82, 2.24) is 10.2 Å². The molecule has 0 fully saturated rings. The second kappa shape index (κ2) is 13.6. The monoisotopic (exact) mass is 599 g/mol. The summed E-state index contributed by atoms with van der Waals surface area (Å²) in [5.41, 5.74) is 1.14. The third-order valence-electron chi connectivity index (χ3n) is 6.47. The fourth-order valence-corrected chi connectivity index (χ4v) is 5.35. The molecule has 1 aliphatic rings. The van der Waals surface area contributed by atoms with Crippen molar-refractivity contribution in [1.29, 1.82) is 0 Å². The summed E-state index contributed by atoms with van der Waals surface area (Å²) in [5.74, 6) is 0.462. The number of halogens is 2. The van der Waals surface area contributed by atoms with E-state index in [-0.39, 0.29) is 43.8 Å². The van der Waals surface area contributed by atoms with E-state index in [0.717, 1.165) is 18.2 Å². The normalized spacial score (nSPS) is 14.3. The molecule has 2 aromatic carbocycles. The zero-order valence-electron chi connectivity index (χ0n) is 22.6. The van der Waals surface area contributed by atoms with E-state index in [1.165, 1.54) is 9.21 Å². The van der Waals surface area contributed by atoms with E-state index < -0.39 is 16.1 Å². The Morgan fingerprint density at radius 3 is 2.36 bits per heavy atom. The molecule has 0 saturated heterocycles. The van der Waals surface area contributed by atoms with Crippen molar-refractivity contribution in [2.45, 2.75) is 58.7 Å². The molecule has 0 saturated carbocycles. The van der Waals surface area contributed by atoms with Crippen LogP contribution in [0.4, 0.5) is 5.69 Å². The van der Waals surface area contributed by atoms with Gasteiger partial charge in [0, 0.05) is 31.6 Å². The molecule has 1 heterocycles. The van der Waals surface area contributed by atoms with Crippen molar-refractivity contribution in [2.24, 2.45) is 0 Å². The average molecular weight is 601 g/mol. The molecule has 2 atom stereocenters. The third kappa shape index (κ3) is 8.40. The number of carbonyl (C=O) groups is 2. The second-order valence-electron chi connectivity index (χ2n) is 9.53. The van der Waals surface area contributed by atoms with Gasteiger partial charge in [-0.1, -0.05) is 36.2 Å². The fraction of sp³-hybridized carbons (Fsp3) is 0.481. The van der Waals surface area contributed by atoms with Crippen molar-refractivity contribution in [3.63, 3.8) is 0 Å². The lowest BCUT2D eigenvalue weighted by molar-refractivity contribution is -0.140. The number of benzene rings is 2. The van der Waals surface area contributed by atoms with Crippen LogP contribution in [-0.2, 0) is 26.2 Å². The maximum Gasteiger partial charge on any atom is 0.242 e. The molecule has 1 aliphatic heterocycles. The molecular formula is C27H35Cl2N3O6S. The molecule has 2 amide bonds. The van der Waals surface area contributed by atoms with Gasteiger partial charge in [-0.15, -0.1) is 0 Å². The lowest BCUT2D eigenvalue weighted by Gasteiger charge is -2.30. The molecule has 12 heteroatoms. The number of hydrogen-bond acceptors (Lipinski definition) is 6. The highest BCUT2D eigenvalue weighted by Crippen LogP contribution is 2.35. The van der Waals surface area contributed by atoms with Crippen molar-refractivity contribution < 1.29 is 27.5 Å². The first-order valence-corrected chi connectivity index (χ1v) is 15.4. The zero-order valence-corrected chi connectivity index (χ0v) is 24.9. The summed E-state index contributed by atoms with van der Waals surface area (Å²) in [6.07, 6.45) is 2.13. The maximum atomic E-state index is 13.4. The van der Waals surface area contributed by atoms with Crippen LogP contribution in [0.25, 0.3) is 0 Å². The lowest BCUT2D eigenvalue weighted by Crippen LogP contribution is -2.49. The highest BCUT2D eigenvalue weighted by molar-refractivity contribution is 7.92. The Labute approximate surface area is 240 Å². The zero-order chi connectivity index (χ0) is 28.7. The number of hydrogen-bond donors (Lipinski definition) is 1. The van der Waals surface area contributed by atoms with Crippen molar-refractivity contribution in [3.05, 3.63) is 52.0 Å². The van der Waals surface area contributed by atoms with Crippen molar-refractivity contribution >= 4 is 50.7 Å². The Morgan fingerprint density at radius 1 is 1.03 bits per heavy atom. The molecule has 0 bridgehead atoms. The molecule has 0 unspecified atom stereocenters. The number of nitrogens with zero attached hydrogens (tertiary/aromatic N) is 2. The molecule has 3 rings (SSSR count). The van der Waals surface area contributed by atoms with E-state index >= 15 is 0 Å². The Balaban J connectivity index is 1.75. The summed E-state index contributed by atoms with van der Waals surface area (Å²) in [4.78, 5) is 27.8. The van der Waals surface area contributed by atoms with Gasteiger partial charge in [-0.25, -0.2) is 8.42 Å². The van der Waals surface area contributed by atoms with Crippen LogP contribution in [0.15, 0.2) is 36.4 Å². The number of sulfonamides is 1. The molecule has 0 radical (unpaired) electrons. The quantitative estimate of drug-likeness (QED) is 0.381. The minimum Gasteiger partial charge on any atom is -0.486 e. The Bertz CT molecular complexity index is 1290. The van der Waals surface area contributed by atoms with E-state index in [0.29, 0.717) is 40.4 Å². The van der Waals surface area contributed by atoms with E-state index in [1.807, 2.05) is 13.8 Å². The number of anilines is 1. The van der Waals surface area contributed by atoms with Gasteiger partial charge in [-0.3, -0.25) is 13.9 Å². The molecule has 0 aromatic heterocycles. The predicted molar refractivity (Wildman–Crippen MR) is 153 cm³/mol. The summed E-state index contributed by atoms with van der Waals surface area (Å²) in [6.45, 7) is 6.54. The van der Waals surface area contributed by atoms with Crippen LogP contribution in [0.5, 0.6) is 11.5 Å².